The fourth-order valence-corrected chi connectivity index (χ4v) is 1.82. The Morgan fingerprint density at radius 3 is 2.33 bits per heavy atom. The minimum Gasteiger partial charge on any atom is -0.481 e. The Morgan fingerprint density at radius 2 is 1.81 bits per heavy atom. The van der Waals surface area contributed by atoms with E-state index in [0.717, 1.165) is 6.20 Å². The Balaban J connectivity index is 2.57. The van der Waals surface area contributed by atoms with Gasteiger partial charge in [-0.3, -0.25) is 9.59 Å². The molecule has 2 rings (SSSR count). The van der Waals surface area contributed by atoms with Crippen molar-refractivity contribution in [2.45, 2.75) is 12.6 Å². The Morgan fingerprint density at radius 1 is 1.19 bits per heavy atom. The summed E-state index contributed by atoms with van der Waals surface area (Å²) in [6, 6.07) is 7.46. The van der Waals surface area contributed by atoms with E-state index in [1.54, 1.807) is 6.07 Å². The number of alkyl halides is 3. The first kappa shape index (κ1) is 14.8. The van der Waals surface area contributed by atoms with Crippen molar-refractivity contribution in [3.05, 3.63) is 47.8 Å². The van der Waals surface area contributed by atoms with Crippen molar-refractivity contribution in [1.29, 1.82) is 0 Å². The number of carbonyl (C=O) groups excluding carboxylic acids is 1. The smallest absolute Gasteiger partial charge is 0.434 e. The number of halogens is 3. The molecule has 0 aliphatic heterocycles. The van der Waals surface area contributed by atoms with Crippen molar-refractivity contribution in [2.24, 2.45) is 0 Å². The quantitative estimate of drug-likeness (QED) is 0.695. The van der Waals surface area contributed by atoms with Crippen molar-refractivity contribution >= 4 is 11.8 Å². The van der Waals surface area contributed by atoms with E-state index in [-0.39, 0.29) is 5.69 Å². The van der Waals surface area contributed by atoms with Gasteiger partial charge in [0.25, 0.3) is 0 Å². The summed E-state index contributed by atoms with van der Waals surface area (Å²) in [5.74, 6) is -2.64. The summed E-state index contributed by atoms with van der Waals surface area (Å²) in [6.07, 6.45) is -5.12. The van der Waals surface area contributed by atoms with Gasteiger partial charge in [-0.05, 0) is 12.1 Å². The van der Waals surface area contributed by atoms with Crippen LogP contribution in [-0.4, -0.2) is 26.6 Å². The number of aromatic nitrogens is 2. The number of ketones is 1. The van der Waals surface area contributed by atoms with Crippen LogP contribution in [0.5, 0.6) is 0 Å². The first-order valence-electron chi connectivity index (χ1n) is 5.76. The number of carbonyl (C=O) groups is 2. The first-order chi connectivity index (χ1) is 9.80. The molecule has 0 bridgehead atoms. The molecule has 2 aromatic rings. The maximum absolute atomic E-state index is 13.2. The normalized spacial score (nSPS) is 11.4. The van der Waals surface area contributed by atoms with Crippen molar-refractivity contribution in [3.63, 3.8) is 0 Å². The SMILES string of the molecule is O=C(O)CC(=O)c1cnn(-c2ccccc2)c1C(F)(F)F. The molecule has 110 valence electrons. The Bertz CT molecular complexity index is 678. The van der Waals surface area contributed by atoms with Crippen molar-refractivity contribution < 1.29 is 27.9 Å². The minimum absolute atomic E-state index is 0.124. The monoisotopic (exact) mass is 298 g/mol. The number of Topliss-reactive ketones (excluding diaryl/α,β-unsaturated/α-hetero) is 1. The zero-order valence-corrected chi connectivity index (χ0v) is 10.5. The van der Waals surface area contributed by atoms with Gasteiger partial charge in [-0.1, -0.05) is 18.2 Å². The highest BCUT2D eigenvalue weighted by molar-refractivity contribution is 6.06. The number of aliphatic carboxylic acids is 1. The summed E-state index contributed by atoms with van der Waals surface area (Å²) in [7, 11) is 0. The molecule has 0 saturated carbocycles. The fourth-order valence-electron chi connectivity index (χ4n) is 1.82. The van der Waals surface area contributed by atoms with Crippen LogP contribution in [0.15, 0.2) is 36.5 Å². The lowest BCUT2D eigenvalue weighted by molar-refractivity contribution is -0.143. The molecule has 1 N–H and O–H groups in total. The molecular formula is C13H9F3N2O3. The van der Waals surface area contributed by atoms with Crippen LogP contribution >= 0.6 is 0 Å². The largest absolute Gasteiger partial charge is 0.481 e. The second-order valence-electron chi connectivity index (χ2n) is 4.15. The van der Waals surface area contributed by atoms with Crippen LogP contribution in [0.3, 0.4) is 0 Å². The molecule has 0 atom stereocenters. The van der Waals surface area contributed by atoms with E-state index in [0.29, 0.717) is 4.68 Å². The fraction of sp³-hybridized carbons (Fsp3) is 0.154. The molecule has 0 aliphatic carbocycles. The second-order valence-corrected chi connectivity index (χ2v) is 4.15. The van der Waals surface area contributed by atoms with E-state index < -0.39 is 35.6 Å². The zero-order chi connectivity index (χ0) is 15.6. The summed E-state index contributed by atoms with van der Waals surface area (Å²) in [5, 5.41) is 12.1. The van der Waals surface area contributed by atoms with E-state index in [1.807, 2.05) is 0 Å². The molecule has 0 fully saturated rings. The van der Waals surface area contributed by atoms with Crippen molar-refractivity contribution in [3.8, 4) is 5.69 Å². The van der Waals surface area contributed by atoms with Crippen molar-refractivity contribution in [2.75, 3.05) is 0 Å². The number of hydrogen-bond donors (Lipinski definition) is 1. The number of benzene rings is 1. The Labute approximate surface area is 116 Å². The first-order valence-corrected chi connectivity index (χ1v) is 5.76. The van der Waals surface area contributed by atoms with Gasteiger partial charge in [0.2, 0.25) is 0 Å². The molecule has 1 aromatic heterocycles. The van der Waals surface area contributed by atoms with Gasteiger partial charge in [0.1, 0.15) is 6.42 Å². The van der Waals surface area contributed by atoms with Gasteiger partial charge < -0.3 is 5.11 Å². The lowest BCUT2D eigenvalue weighted by Crippen LogP contribution is -2.18. The molecule has 0 amide bonds. The maximum atomic E-state index is 13.2. The molecular weight excluding hydrogens is 289 g/mol. The Hall–Kier alpha value is -2.64. The van der Waals surface area contributed by atoms with E-state index in [4.69, 9.17) is 5.11 Å². The van der Waals surface area contributed by atoms with E-state index in [9.17, 15) is 22.8 Å². The molecule has 0 saturated heterocycles. The number of carboxylic acids is 1. The van der Waals surface area contributed by atoms with Crippen LogP contribution in [0.25, 0.3) is 5.69 Å². The molecule has 0 aliphatic rings. The molecule has 5 nitrogen and oxygen atoms in total. The maximum Gasteiger partial charge on any atom is 0.434 e. The van der Waals surface area contributed by atoms with Crippen LogP contribution in [0.2, 0.25) is 0 Å². The molecule has 21 heavy (non-hydrogen) atoms. The van der Waals surface area contributed by atoms with Crippen LogP contribution in [-0.2, 0) is 11.0 Å². The van der Waals surface area contributed by atoms with Gasteiger partial charge >= 0.3 is 12.1 Å². The molecule has 0 unspecified atom stereocenters. The number of rotatable bonds is 4. The Kier molecular flexibility index (Phi) is 3.79. The number of para-hydroxylation sites is 1. The van der Waals surface area contributed by atoms with Crippen LogP contribution < -0.4 is 0 Å². The molecule has 0 radical (unpaired) electrons. The highest BCUT2D eigenvalue weighted by atomic mass is 19.4. The summed E-state index contributed by atoms with van der Waals surface area (Å²) < 4.78 is 40.1. The van der Waals surface area contributed by atoms with Gasteiger partial charge in [-0.25, -0.2) is 4.68 Å². The predicted octanol–water partition coefficient (Wildman–Crippen LogP) is 2.55. The van der Waals surface area contributed by atoms with Crippen LogP contribution in [0.4, 0.5) is 13.2 Å². The van der Waals surface area contributed by atoms with Gasteiger partial charge in [0.05, 0.1) is 17.4 Å². The van der Waals surface area contributed by atoms with E-state index in [1.165, 1.54) is 24.3 Å². The summed E-state index contributed by atoms with van der Waals surface area (Å²) in [4.78, 5) is 22.1. The average Bonchev–Trinajstić information content (AvgIpc) is 2.83. The number of nitrogens with zero attached hydrogens (tertiary/aromatic N) is 2. The summed E-state index contributed by atoms with van der Waals surface area (Å²) in [5.41, 5.74) is -1.91. The molecule has 0 spiro atoms. The lowest BCUT2D eigenvalue weighted by Gasteiger charge is -2.12. The second kappa shape index (κ2) is 5.39. The highest BCUT2D eigenvalue weighted by Crippen LogP contribution is 2.34. The predicted molar refractivity (Wildman–Crippen MR) is 65.1 cm³/mol. The van der Waals surface area contributed by atoms with Crippen LogP contribution in [0.1, 0.15) is 22.5 Å². The van der Waals surface area contributed by atoms with Crippen molar-refractivity contribution in [1.82, 2.24) is 9.78 Å². The topological polar surface area (TPSA) is 72.2 Å². The van der Waals surface area contributed by atoms with Gasteiger partial charge in [-0.15, -0.1) is 0 Å². The summed E-state index contributed by atoms with van der Waals surface area (Å²) >= 11 is 0. The van der Waals surface area contributed by atoms with Crippen LogP contribution in [0, 0.1) is 0 Å². The average molecular weight is 298 g/mol. The third-order valence-corrected chi connectivity index (χ3v) is 2.65. The van der Waals surface area contributed by atoms with Gasteiger partial charge in [0.15, 0.2) is 11.5 Å². The molecule has 1 heterocycles. The zero-order valence-electron chi connectivity index (χ0n) is 10.5. The van der Waals surface area contributed by atoms with Gasteiger partial charge in [0, 0.05) is 0 Å². The number of hydrogen-bond acceptors (Lipinski definition) is 3. The molecule has 8 heteroatoms. The standard InChI is InChI=1S/C13H9F3N2O3/c14-13(15,16)12-9(10(19)6-11(20)21)7-17-18(12)8-4-2-1-3-5-8/h1-5,7H,6H2,(H,20,21). The molecule has 1 aromatic carbocycles. The third kappa shape index (κ3) is 3.10. The lowest BCUT2D eigenvalue weighted by atomic mass is 10.1. The van der Waals surface area contributed by atoms with E-state index >= 15 is 0 Å². The highest BCUT2D eigenvalue weighted by Gasteiger charge is 2.40. The minimum atomic E-state index is -4.84. The van der Waals surface area contributed by atoms with Gasteiger partial charge in [-0.2, -0.15) is 18.3 Å². The number of carboxylic acid groups (broad SMARTS) is 1. The van der Waals surface area contributed by atoms with E-state index in [2.05, 4.69) is 5.10 Å². The third-order valence-electron chi connectivity index (χ3n) is 2.65. The summed E-state index contributed by atoms with van der Waals surface area (Å²) in [6.45, 7) is 0.